The maximum absolute atomic E-state index is 13.0. The van der Waals surface area contributed by atoms with Crippen LogP contribution < -0.4 is 5.73 Å². The topological polar surface area (TPSA) is 49.8 Å². The van der Waals surface area contributed by atoms with Gasteiger partial charge in [-0.05, 0) is 24.1 Å². The molecule has 0 aliphatic carbocycles. The Bertz CT molecular complexity index is 341. The third-order valence-electron chi connectivity index (χ3n) is 1.94. The molecule has 0 amide bonds. The molecule has 1 aromatic rings. The number of benzene rings is 1. The molecule has 2 nitrogen and oxygen atoms in total. The van der Waals surface area contributed by atoms with Gasteiger partial charge in [0.1, 0.15) is 5.82 Å². The van der Waals surface area contributed by atoms with Crippen molar-refractivity contribution < 1.29 is 4.39 Å². The first kappa shape index (κ1) is 9.69. The number of nitrogens with two attached hydrogens (primary N) is 1. The predicted molar refractivity (Wildman–Crippen MR) is 48.3 cm³/mol. The smallest absolute Gasteiger partial charge is 0.126 e. The van der Waals surface area contributed by atoms with Gasteiger partial charge in [0.2, 0.25) is 0 Å². The summed E-state index contributed by atoms with van der Waals surface area (Å²) >= 11 is 0. The number of hydrogen-bond acceptors (Lipinski definition) is 2. The van der Waals surface area contributed by atoms with Gasteiger partial charge in [-0.2, -0.15) is 5.26 Å². The Hall–Kier alpha value is -1.40. The minimum atomic E-state index is -0.389. The third kappa shape index (κ3) is 2.27. The number of rotatable bonds is 2. The van der Waals surface area contributed by atoms with Crippen LogP contribution in [0.2, 0.25) is 0 Å². The van der Waals surface area contributed by atoms with Gasteiger partial charge in [0.05, 0.1) is 12.5 Å². The zero-order valence-corrected chi connectivity index (χ0v) is 7.42. The van der Waals surface area contributed by atoms with Crippen molar-refractivity contribution in [2.75, 3.05) is 0 Å². The Labute approximate surface area is 76.8 Å². The van der Waals surface area contributed by atoms with Crippen molar-refractivity contribution in [3.05, 3.63) is 35.1 Å². The van der Waals surface area contributed by atoms with Crippen LogP contribution >= 0.6 is 0 Å². The average molecular weight is 178 g/mol. The maximum atomic E-state index is 13.0. The summed E-state index contributed by atoms with van der Waals surface area (Å²) in [5, 5.41) is 8.40. The largest absolute Gasteiger partial charge is 0.323 e. The third-order valence-corrected chi connectivity index (χ3v) is 1.94. The van der Waals surface area contributed by atoms with E-state index in [-0.39, 0.29) is 18.3 Å². The molecule has 3 heteroatoms. The molecular weight excluding hydrogens is 167 g/mol. The predicted octanol–water partition coefficient (Wildman–Crippen LogP) is 2.05. The van der Waals surface area contributed by atoms with E-state index < -0.39 is 0 Å². The second-order valence-corrected chi connectivity index (χ2v) is 2.98. The molecule has 0 saturated carbocycles. The zero-order valence-electron chi connectivity index (χ0n) is 7.42. The van der Waals surface area contributed by atoms with Gasteiger partial charge < -0.3 is 5.73 Å². The molecule has 0 aliphatic rings. The summed E-state index contributed by atoms with van der Waals surface area (Å²) in [7, 11) is 0. The second kappa shape index (κ2) is 4.01. The summed E-state index contributed by atoms with van der Waals surface area (Å²) < 4.78 is 13.0. The summed E-state index contributed by atoms with van der Waals surface area (Å²) in [5.41, 5.74) is 6.90. The number of nitriles is 1. The van der Waals surface area contributed by atoms with Gasteiger partial charge >= 0.3 is 0 Å². The molecule has 0 bridgehead atoms. The van der Waals surface area contributed by atoms with Crippen molar-refractivity contribution in [2.24, 2.45) is 5.73 Å². The quantitative estimate of drug-likeness (QED) is 0.753. The Kier molecular flexibility index (Phi) is 2.99. The highest BCUT2D eigenvalue weighted by Crippen LogP contribution is 2.16. The van der Waals surface area contributed by atoms with Gasteiger partial charge in [-0.15, -0.1) is 0 Å². The first-order chi connectivity index (χ1) is 6.15. The molecule has 1 rings (SSSR count). The van der Waals surface area contributed by atoms with Crippen molar-refractivity contribution in [3.63, 3.8) is 0 Å². The van der Waals surface area contributed by atoms with Crippen LogP contribution in [0.4, 0.5) is 4.39 Å². The second-order valence-electron chi connectivity index (χ2n) is 2.98. The Balaban J connectivity index is 2.91. The van der Waals surface area contributed by atoms with Crippen molar-refractivity contribution in [3.8, 4) is 6.07 Å². The van der Waals surface area contributed by atoms with Crippen LogP contribution in [0.3, 0.4) is 0 Å². The van der Waals surface area contributed by atoms with Crippen molar-refractivity contribution in [1.29, 1.82) is 5.26 Å². The fraction of sp³-hybridized carbons (Fsp3) is 0.300. The minimum absolute atomic E-state index is 0.211. The summed E-state index contributed by atoms with van der Waals surface area (Å²) in [6.07, 6.45) is 0.211. The molecule has 0 unspecified atom stereocenters. The fourth-order valence-corrected chi connectivity index (χ4v) is 1.06. The molecule has 0 aliphatic heterocycles. The number of halogens is 1. The van der Waals surface area contributed by atoms with Crippen LogP contribution in [0.25, 0.3) is 0 Å². The molecule has 0 heterocycles. The minimum Gasteiger partial charge on any atom is -0.323 e. The van der Waals surface area contributed by atoms with E-state index in [4.69, 9.17) is 11.0 Å². The summed E-state index contributed by atoms with van der Waals surface area (Å²) in [6.45, 7) is 1.69. The van der Waals surface area contributed by atoms with Crippen molar-refractivity contribution in [2.45, 2.75) is 19.4 Å². The average Bonchev–Trinajstić information content (AvgIpc) is 2.10. The Morgan fingerprint density at radius 1 is 1.62 bits per heavy atom. The molecule has 0 spiro atoms. The first-order valence-electron chi connectivity index (χ1n) is 4.03. The first-order valence-corrected chi connectivity index (χ1v) is 4.03. The van der Waals surface area contributed by atoms with Crippen LogP contribution in [-0.2, 0) is 0 Å². The number of nitrogens with zero attached hydrogens (tertiary/aromatic N) is 1. The highest BCUT2D eigenvalue weighted by atomic mass is 19.1. The van der Waals surface area contributed by atoms with Crippen LogP contribution in [0.5, 0.6) is 0 Å². The lowest BCUT2D eigenvalue weighted by Crippen LogP contribution is -2.09. The lowest BCUT2D eigenvalue weighted by Gasteiger charge is -2.08. The zero-order chi connectivity index (χ0) is 9.84. The standard InChI is InChI=1S/C10H11FN2/c1-7-2-3-8(6-9(7)11)10(13)4-5-12/h2-3,6,10H,4,13H2,1H3/t10-/m1/s1. The van der Waals surface area contributed by atoms with Crippen molar-refractivity contribution in [1.82, 2.24) is 0 Å². The van der Waals surface area contributed by atoms with E-state index in [9.17, 15) is 4.39 Å². The molecule has 1 aromatic carbocycles. The van der Waals surface area contributed by atoms with Crippen LogP contribution in [0.1, 0.15) is 23.6 Å². The molecule has 1 atom stereocenters. The molecule has 0 saturated heterocycles. The monoisotopic (exact) mass is 178 g/mol. The van der Waals surface area contributed by atoms with Crippen LogP contribution in [0, 0.1) is 24.1 Å². The fourth-order valence-electron chi connectivity index (χ4n) is 1.06. The Morgan fingerprint density at radius 2 is 2.31 bits per heavy atom. The normalized spacial score (nSPS) is 12.2. The van der Waals surface area contributed by atoms with E-state index in [1.807, 2.05) is 6.07 Å². The summed E-state index contributed by atoms with van der Waals surface area (Å²) in [4.78, 5) is 0. The summed E-state index contributed by atoms with van der Waals surface area (Å²) in [5.74, 6) is -0.272. The van der Waals surface area contributed by atoms with E-state index in [0.29, 0.717) is 11.1 Å². The maximum Gasteiger partial charge on any atom is 0.126 e. The van der Waals surface area contributed by atoms with Gasteiger partial charge in [-0.1, -0.05) is 12.1 Å². The van der Waals surface area contributed by atoms with Gasteiger partial charge in [-0.25, -0.2) is 4.39 Å². The molecule has 13 heavy (non-hydrogen) atoms. The lowest BCUT2D eigenvalue weighted by molar-refractivity contribution is 0.611. The van der Waals surface area contributed by atoms with E-state index in [0.717, 1.165) is 0 Å². The molecule has 0 radical (unpaired) electrons. The van der Waals surface area contributed by atoms with Gasteiger partial charge in [0, 0.05) is 6.04 Å². The molecular formula is C10H11FN2. The molecule has 0 aromatic heterocycles. The lowest BCUT2D eigenvalue weighted by atomic mass is 10.0. The molecule has 68 valence electrons. The van der Waals surface area contributed by atoms with E-state index in [2.05, 4.69) is 0 Å². The Morgan fingerprint density at radius 3 is 2.85 bits per heavy atom. The summed E-state index contributed by atoms with van der Waals surface area (Å²) in [6, 6.07) is 6.37. The number of hydrogen-bond donors (Lipinski definition) is 1. The van der Waals surface area contributed by atoms with Gasteiger partial charge in [0.25, 0.3) is 0 Å². The van der Waals surface area contributed by atoms with Crippen LogP contribution in [0.15, 0.2) is 18.2 Å². The van der Waals surface area contributed by atoms with E-state index >= 15 is 0 Å². The highest BCUT2D eigenvalue weighted by molar-refractivity contribution is 5.26. The van der Waals surface area contributed by atoms with Crippen molar-refractivity contribution >= 4 is 0 Å². The van der Waals surface area contributed by atoms with Gasteiger partial charge in [-0.3, -0.25) is 0 Å². The molecule has 0 fully saturated rings. The number of aryl methyl sites for hydroxylation is 1. The molecule has 2 N–H and O–H groups in total. The van der Waals surface area contributed by atoms with E-state index in [1.165, 1.54) is 6.07 Å². The van der Waals surface area contributed by atoms with Crippen LogP contribution in [-0.4, -0.2) is 0 Å². The SMILES string of the molecule is Cc1ccc([C@H](N)CC#N)cc1F. The highest BCUT2D eigenvalue weighted by Gasteiger charge is 2.06. The van der Waals surface area contributed by atoms with E-state index in [1.54, 1.807) is 19.1 Å². The van der Waals surface area contributed by atoms with Gasteiger partial charge in [0.15, 0.2) is 0 Å².